The minimum Gasteiger partial charge on any atom is -0.325 e. The first kappa shape index (κ1) is 22.0. The number of sulfone groups is 1. The maximum atomic E-state index is 13.0. The number of hydrogen-bond donors (Lipinski definition) is 1. The molecule has 0 atom stereocenters. The summed E-state index contributed by atoms with van der Waals surface area (Å²) in [5.41, 5.74) is 2.86. The van der Waals surface area contributed by atoms with Crippen LogP contribution in [-0.2, 0) is 25.8 Å². The molecule has 2 aromatic rings. The van der Waals surface area contributed by atoms with Crippen LogP contribution in [0.5, 0.6) is 0 Å². The molecule has 0 aliphatic carbocycles. The minimum absolute atomic E-state index is 0.0823. The first-order valence-electron chi connectivity index (χ1n) is 8.98. The molecule has 9 heteroatoms. The molecule has 6 nitrogen and oxygen atoms in total. The molecule has 0 saturated carbocycles. The largest absolute Gasteiger partial charge is 0.325 e. The number of hydrogen-bond acceptors (Lipinski definition) is 4. The molecule has 1 N–H and O–H groups in total. The van der Waals surface area contributed by atoms with E-state index in [4.69, 9.17) is 0 Å². The molecular formula is C20H20Br2N2O4S. The number of carbonyl (C=O) groups excluding carboxylic acids is 2. The van der Waals surface area contributed by atoms with E-state index in [-0.39, 0.29) is 23.0 Å². The fourth-order valence-corrected chi connectivity index (χ4v) is 6.06. The van der Waals surface area contributed by atoms with E-state index in [0.29, 0.717) is 28.8 Å². The molecule has 1 aliphatic heterocycles. The Labute approximate surface area is 186 Å². The van der Waals surface area contributed by atoms with Gasteiger partial charge in [0.25, 0.3) is 0 Å². The van der Waals surface area contributed by atoms with Gasteiger partial charge < -0.3 is 10.2 Å². The molecule has 0 bridgehead atoms. The van der Waals surface area contributed by atoms with Crippen molar-refractivity contribution in [1.82, 2.24) is 0 Å². The van der Waals surface area contributed by atoms with Crippen molar-refractivity contribution >= 4 is 64.9 Å². The predicted molar refractivity (Wildman–Crippen MR) is 120 cm³/mol. The molecule has 1 heterocycles. The number of rotatable bonds is 5. The van der Waals surface area contributed by atoms with Gasteiger partial charge in [-0.05, 0) is 64.7 Å². The van der Waals surface area contributed by atoms with Gasteiger partial charge in [0.1, 0.15) is 0 Å². The van der Waals surface area contributed by atoms with Crippen LogP contribution >= 0.6 is 31.9 Å². The average Bonchev–Trinajstić information content (AvgIpc) is 3.05. The van der Waals surface area contributed by atoms with Crippen LogP contribution in [0, 0.1) is 6.92 Å². The van der Waals surface area contributed by atoms with E-state index >= 15 is 0 Å². The van der Waals surface area contributed by atoms with Crippen LogP contribution in [0.2, 0.25) is 0 Å². The molecule has 0 spiro atoms. The fourth-order valence-electron chi connectivity index (χ4n) is 3.29. The summed E-state index contributed by atoms with van der Waals surface area (Å²) in [6.45, 7) is 3.80. The summed E-state index contributed by atoms with van der Waals surface area (Å²) >= 11 is 6.74. The third kappa shape index (κ3) is 4.90. The summed E-state index contributed by atoms with van der Waals surface area (Å²) < 4.78 is 27.4. The Hall–Kier alpha value is -1.71. The predicted octanol–water partition coefficient (Wildman–Crippen LogP) is 4.23. The van der Waals surface area contributed by atoms with E-state index in [9.17, 15) is 18.0 Å². The zero-order valence-corrected chi connectivity index (χ0v) is 19.9. The van der Waals surface area contributed by atoms with Crippen LogP contribution in [0.15, 0.2) is 44.2 Å². The van der Waals surface area contributed by atoms with Crippen LogP contribution in [0.1, 0.15) is 24.5 Å². The monoisotopic (exact) mass is 542 g/mol. The van der Waals surface area contributed by atoms with Gasteiger partial charge in [0, 0.05) is 28.8 Å². The Balaban J connectivity index is 1.80. The summed E-state index contributed by atoms with van der Waals surface area (Å²) in [6.07, 6.45) is 0.406. The third-order valence-corrected chi connectivity index (χ3v) is 7.54. The van der Waals surface area contributed by atoms with Crippen LogP contribution < -0.4 is 10.2 Å². The summed E-state index contributed by atoms with van der Waals surface area (Å²) in [4.78, 5) is 25.8. The number of carbonyl (C=O) groups is 2. The lowest BCUT2D eigenvalue weighted by Gasteiger charge is -2.19. The molecule has 29 heavy (non-hydrogen) atoms. The molecule has 0 aromatic heterocycles. The highest BCUT2D eigenvalue weighted by atomic mass is 79.9. The van der Waals surface area contributed by atoms with Gasteiger partial charge in [-0.3, -0.25) is 9.59 Å². The minimum atomic E-state index is -3.78. The van der Waals surface area contributed by atoms with Crippen molar-refractivity contribution in [2.24, 2.45) is 0 Å². The number of aryl methyl sites for hydroxylation is 1. The zero-order valence-electron chi connectivity index (χ0n) is 16.0. The van der Waals surface area contributed by atoms with Crippen molar-refractivity contribution in [2.75, 3.05) is 22.5 Å². The molecule has 2 aromatic carbocycles. The molecule has 3 rings (SSSR count). The van der Waals surface area contributed by atoms with Gasteiger partial charge in [0.15, 0.2) is 9.84 Å². The van der Waals surface area contributed by atoms with E-state index in [0.717, 1.165) is 15.6 Å². The molecule has 0 saturated heterocycles. The van der Waals surface area contributed by atoms with Crippen LogP contribution in [0.25, 0.3) is 0 Å². The Morgan fingerprint density at radius 3 is 2.55 bits per heavy atom. The van der Waals surface area contributed by atoms with E-state index in [1.165, 1.54) is 17.9 Å². The second-order valence-electron chi connectivity index (χ2n) is 6.93. The highest BCUT2D eigenvalue weighted by Gasteiger charge is 2.31. The van der Waals surface area contributed by atoms with E-state index < -0.39 is 15.7 Å². The van der Waals surface area contributed by atoms with E-state index in [1.54, 1.807) is 6.07 Å². The number of halogens is 2. The Bertz CT molecular complexity index is 1100. The second-order valence-corrected chi connectivity index (χ2v) is 10.8. The summed E-state index contributed by atoms with van der Waals surface area (Å²) in [5.74, 6) is -0.950. The van der Waals surface area contributed by atoms with Gasteiger partial charge in [-0.2, -0.15) is 0 Å². The lowest BCUT2D eigenvalue weighted by molar-refractivity contribution is -0.117. The zero-order chi connectivity index (χ0) is 21.3. The van der Waals surface area contributed by atoms with Gasteiger partial charge in [-0.25, -0.2) is 8.42 Å². The fraction of sp³-hybridized carbons (Fsp3) is 0.300. The lowest BCUT2D eigenvalue weighted by atomic mass is 10.2. The topological polar surface area (TPSA) is 83.6 Å². The molecular weight excluding hydrogens is 524 g/mol. The number of nitrogens with one attached hydrogen (secondary N) is 1. The standard InChI is InChI=1S/C20H20Br2N2O4S/c1-12-3-4-17(16(22)9-12)23-19(26)6-8-29(27,28)18-11-15(21)10-14-5-7-24(13(2)25)20(14)18/h3-4,9-11H,5-8H2,1-2H3,(H,23,26). The van der Waals surface area contributed by atoms with Gasteiger partial charge in [0.05, 0.1) is 22.0 Å². The van der Waals surface area contributed by atoms with E-state index in [2.05, 4.69) is 37.2 Å². The molecule has 1 aliphatic rings. The van der Waals surface area contributed by atoms with Crippen molar-refractivity contribution in [2.45, 2.75) is 31.6 Å². The van der Waals surface area contributed by atoms with Crippen molar-refractivity contribution in [3.8, 4) is 0 Å². The molecule has 154 valence electrons. The smallest absolute Gasteiger partial charge is 0.225 e. The quantitative estimate of drug-likeness (QED) is 0.611. The maximum absolute atomic E-state index is 13.0. The van der Waals surface area contributed by atoms with Gasteiger partial charge in [0.2, 0.25) is 11.8 Å². The number of fused-ring (bicyclic) bond motifs is 1. The van der Waals surface area contributed by atoms with Crippen LogP contribution in [0.4, 0.5) is 11.4 Å². The maximum Gasteiger partial charge on any atom is 0.225 e. The summed E-state index contributed by atoms with van der Waals surface area (Å²) in [6, 6.07) is 8.83. The van der Waals surface area contributed by atoms with E-state index in [1.807, 2.05) is 25.1 Å². The van der Waals surface area contributed by atoms with Crippen LogP contribution in [-0.4, -0.2) is 32.5 Å². The van der Waals surface area contributed by atoms with Gasteiger partial charge >= 0.3 is 0 Å². The molecule has 2 amide bonds. The highest BCUT2D eigenvalue weighted by molar-refractivity contribution is 9.10. The highest BCUT2D eigenvalue weighted by Crippen LogP contribution is 2.38. The number of nitrogens with zero attached hydrogens (tertiary/aromatic N) is 1. The Kier molecular flexibility index (Phi) is 6.50. The lowest BCUT2D eigenvalue weighted by Crippen LogP contribution is -2.27. The van der Waals surface area contributed by atoms with Gasteiger partial charge in [-0.1, -0.05) is 22.0 Å². The van der Waals surface area contributed by atoms with Crippen molar-refractivity contribution < 1.29 is 18.0 Å². The number of benzene rings is 2. The molecule has 0 radical (unpaired) electrons. The van der Waals surface area contributed by atoms with Crippen LogP contribution in [0.3, 0.4) is 0 Å². The Morgan fingerprint density at radius 2 is 1.90 bits per heavy atom. The second kappa shape index (κ2) is 8.57. The SMILES string of the molecule is CC(=O)N1CCc2cc(Br)cc(S(=O)(=O)CCC(=O)Nc3ccc(C)cc3Br)c21. The summed E-state index contributed by atoms with van der Waals surface area (Å²) in [5, 5.41) is 2.73. The number of amides is 2. The third-order valence-electron chi connectivity index (χ3n) is 4.71. The van der Waals surface area contributed by atoms with Gasteiger partial charge in [-0.15, -0.1) is 0 Å². The van der Waals surface area contributed by atoms with Crippen molar-refractivity contribution in [3.63, 3.8) is 0 Å². The van der Waals surface area contributed by atoms with Crippen molar-refractivity contribution in [3.05, 3.63) is 50.4 Å². The first-order valence-corrected chi connectivity index (χ1v) is 12.2. The Morgan fingerprint density at radius 1 is 1.17 bits per heavy atom. The first-order chi connectivity index (χ1) is 13.6. The normalized spacial score (nSPS) is 13.3. The average molecular weight is 544 g/mol. The molecule has 0 fully saturated rings. The summed E-state index contributed by atoms with van der Waals surface area (Å²) in [7, 11) is -3.78. The van der Waals surface area contributed by atoms with Crippen molar-refractivity contribution in [1.29, 1.82) is 0 Å². The number of anilines is 2. The molecule has 0 unspecified atom stereocenters.